The summed E-state index contributed by atoms with van der Waals surface area (Å²) in [5.41, 5.74) is 3.05. The van der Waals surface area contributed by atoms with Gasteiger partial charge in [-0.05, 0) is 73.1 Å². The molecule has 8 rings (SSSR count). The van der Waals surface area contributed by atoms with E-state index in [1.165, 1.54) is 0 Å². The van der Waals surface area contributed by atoms with Gasteiger partial charge >= 0.3 is 0 Å². The molecule has 4 heterocycles. The van der Waals surface area contributed by atoms with Gasteiger partial charge in [-0.2, -0.15) is 0 Å². The molecule has 55 heavy (non-hydrogen) atoms. The summed E-state index contributed by atoms with van der Waals surface area (Å²) in [5, 5.41) is 18.9. The average Bonchev–Trinajstić information content (AvgIpc) is 3.84. The molecule has 11 nitrogen and oxygen atoms in total. The minimum atomic E-state index is -3.43. The van der Waals surface area contributed by atoms with E-state index in [1.807, 2.05) is 110 Å². The number of amides is 2. The summed E-state index contributed by atoms with van der Waals surface area (Å²) in [7, 11) is -1.85. The fourth-order valence-electron chi connectivity index (χ4n) is 8.84. The number of para-hydroxylation sites is 2. The van der Waals surface area contributed by atoms with Gasteiger partial charge in [-0.25, -0.2) is 0 Å². The van der Waals surface area contributed by atoms with E-state index in [0.717, 1.165) is 11.1 Å². The van der Waals surface area contributed by atoms with E-state index in [1.54, 1.807) is 34.7 Å². The van der Waals surface area contributed by atoms with Crippen molar-refractivity contribution in [1.29, 1.82) is 0 Å². The minimum absolute atomic E-state index is 0.0791. The quantitative estimate of drug-likeness (QED) is 0.114. The predicted octanol–water partition coefficient (Wildman–Crippen LogP) is 6.88. The molecule has 13 heteroatoms. The van der Waals surface area contributed by atoms with E-state index < -0.39 is 31.6 Å². The van der Waals surface area contributed by atoms with Gasteiger partial charge in [-0.15, -0.1) is 5.10 Å². The number of rotatable bonds is 11. The van der Waals surface area contributed by atoms with Gasteiger partial charge in [0.2, 0.25) is 8.41 Å². The van der Waals surface area contributed by atoms with Gasteiger partial charge in [0.05, 0.1) is 49.4 Å². The number of benzene rings is 4. The lowest BCUT2D eigenvalue weighted by Crippen LogP contribution is -2.45. The first-order valence-corrected chi connectivity index (χ1v) is 21.6. The average molecular weight is 762 g/mol. The van der Waals surface area contributed by atoms with Crippen LogP contribution in [0.3, 0.4) is 0 Å². The van der Waals surface area contributed by atoms with Crippen molar-refractivity contribution in [3.05, 3.63) is 126 Å². The lowest BCUT2D eigenvalue weighted by molar-refractivity contribution is -0.146. The molecule has 2 amide bonds. The Kier molecular flexibility index (Phi) is 9.56. The lowest BCUT2D eigenvalue weighted by Gasteiger charge is -2.31. The van der Waals surface area contributed by atoms with Gasteiger partial charge in [0, 0.05) is 35.5 Å². The second-order valence-corrected chi connectivity index (χ2v) is 18.8. The Balaban J connectivity index is 1.10. The van der Waals surface area contributed by atoms with E-state index in [-0.39, 0.29) is 37.5 Å². The summed E-state index contributed by atoms with van der Waals surface area (Å²) in [6.45, 7) is 5.68. The van der Waals surface area contributed by atoms with Gasteiger partial charge in [0.1, 0.15) is 11.5 Å². The minimum Gasteiger partial charge on any atom is -0.497 e. The number of nitrogens with zero attached hydrogens (tertiary/aromatic N) is 5. The van der Waals surface area contributed by atoms with Crippen molar-refractivity contribution in [2.24, 2.45) is 5.92 Å². The Bertz CT molecular complexity index is 2230. The highest BCUT2D eigenvalue weighted by molar-refractivity contribution is 6.72. The van der Waals surface area contributed by atoms with Crippen LogP contribution in [0, 0.1) is 5.92 Å². The highest BCUT2D eigenvalue weighted by atomic mass is 28.4. The molecule has 4 aromatic carbocycles. The van der Waals surface area contributed by atoms with Crippen LogP contribution in [0.1, 0.15) is 41.6 Å². The van der Waals surface area contributed by atoms with Gasteiger partial charge in [0.25, 0.3) is 11.8 Å². The second-order valence-electron chi connectivity index (χ2n) is 15.0. The molecule has 1 fully saturated rings. The summed E-state index contributed by atoms with van der Waals surface area (Å²) < 4.78 is 36.6. The Morgan fingerprint density at radius 2 is 1.78 bits per heavy atom. The van der Waals surface area contributed by atoms with Crippen molar-refractivity contribution < 1.29 is 33.0 Å². The fourth-order valence-corrected chi connectivity index (χ4v) is 11.4. The maximum atomic E-state index is 16.6. The van der Waals surface area contributed by atoms with Gasteiger partial charge in [0.15, 0.2) is 12.2 Å². The number of aryl methyl sites for hydroxylation is 1. The number of halogens is 1. The zero-order chi connectivity index (χ0) is 38.5. The third-order valence-electron chi connectivity index (χ3n) is 11.3. The second kappa shape index (κ2) is 14.4. The smallest absolute Gasteiger partial charge is 0.269 e. The molecule has 5 atom stereocenters. The van der Waals surface area contributed by atoms with Crippen LogP contribution in [0.15, 0.2) is 103 Å². The van der Waals surface area contributed by atoms with E-state index in [2.05, 4.69) is 10.3 Å². The molecular formula is C42H44FN5O6Si. The van der Waals surface area contributed by atoms with Crippen molar-refractivity contribution in [2.75, 3.05) is 30.1 Å². The van der Waals surface area contributed by atoms with Crippen LogP contribution >= 0.6 is 0 Å². The molecule has 1 N–H and O–H groups in total. The van der Waals surface area contributed by atoms with Crippen LogP contribution in [0.2, 0.25) is 18.6 Å². The monoisotopic (exact) mass is 761 g/mol. The third-order valence-corrected chi connectivity index (χ3v) is 13.8. The fraction of sp³-hybridized carbons (Fsp3) is 0.333. The molecule has 1 spiro atoms. The first-order valence-electron chi connectivity index (χ1n) is 18.6. The number of methoxy groups -OCH3 is 1. The summed E-state index contributed by atoms with van der Waals surface area (Å²) in [6.07, 6.45) is 1.63. The molecule has 0 saturated carbocycles. The molecule has 1 unspecified atom stereocenters. The summed E-state index contributed by atoms with van der Waals surface area (Å²) >= 11 is 0. The Labute approximate surface area is 320 Å². The van der Waals surface area contributed by atoms with E-state index >= 15 is 8.90 Å². The number of carbonyl (C=O) groups excluding carboxylic acids is 2. The van der Waals surface area contributed by atoms with Crippen molar-refractivity contribution in [3.63, 3.8) is 0 Å². The van der Waals surface area contributed by atoms with Crippen molar-refractivity contribution in [1.82, 2.24) is 15.0 Å². The molecule has 0 aliphatic carbocycles. The number of aliphatic hydroxyl groups excluding tert-OH is 1. The number of fused-ring (bicyclic) bond motifs is 3. The van der Waals surface area contributed by atoms with Crippen LogP contribution < -0.4 is 19.3 Å². The maximum absolute atomic E-state index is 16.6. The van der Waals surface area contributed by atoms with Gasteiger partial charge < -0.3 is 28.3 Å². The molecule has 3 aliphatic heterocycles. The van der Waals surface area contributed by atoms with Crippen molar-refractivity contribution >= 4 is 37.3 Å². The molecule has 3 aliphatic rings. The normalized spacial score (nSPS) is 22.5. The zero-order valence-electron chi connectivity index (χ0n) is 31.3. The van der Waals surface area contributed by atoms with E-state index in [9.17, 15) is 9.90 Å². The topological polar surface area (TPSA) is 119 Å². The number of hydrogen-bond acceptors (Lipinski definition) is 8. The molecule has 0 radical (unpaired) electrons. The van der Waals surface area contributed by atoms with Crippen LogP contribution in [-0.4, -0.2) is 66.7 Å². The maximum Gasteiger partial charge on any atom is 0.269 e. The number of anilines is 3. The van der Waals surface area contributed by atoms with Crippen LogP contribution in [0.4, 0.5) is 21.2 Å². The van der Waals surface area contributed by atoms with Crippen LogP contribution in [0.5, 0.6) is 11.5 Å². The van der Waals surface area contributed by atoms with Crippen LogP contribution in [0.25, 0.3) is 0 Å². The first kappa shape index (κ1) is 36.6. The largest absolute Gasteiger partial charge is 0.497 e. The van der Waals surface area contributed by atoms with Crippen LogP contribution in [-0.2, 0) is 33.0 Å². The number of aromatic nitrogens is 3. The highest BCUT2D eigenvalue weighted by Gasteiger charge is 2.66. The number of carbonyl (C=O) groups is 2. The standard InChI is InChI=1S/C42H44FN5O6Si/c1-27-40(55(3,4)43)38(19-20-46-24-34(44-45-46)32(25-49)29-12-6-5-7-13-29)54-42(27)33-22-31(52-2)17-18-35(33)47(41(42)51)23-28-11-10-14-30(21-28)48-36-15-8-9-16-37(36)53-26-39(48)50/h5-18,21-22,24,27,32,38,40,49H,19-20,23,25-26H2,1-4H3/t27-,32?,38+,40-,42+/m1/s1. The van der Waals surface area contributed by atoms with Gasteiger partial charge in [-0.1, -0.05) is 66.7 Å². The van der Waals surface area contributed by atoms with Crippen molar-refractivity contribution in [3.8, 4) is 11.5 Å². The first-order chi connectivity index (χ1) is 26.5. The summed E-state index contributed by atoms with van der Waals surface area (Å²) in [4.78, 5) is 31.6. The molecule has 284 valence electrons. The van der Waals surface area contributed by atoms with Gasteiger partial charge in [-0.3, -0.25) is 19.2 Å². The molecule has 1 saturated heterocycles. The Morgan fingerprint density at radius 1 is 1.00 bits per heavy atom. The summed E-state index contributed by atoms with van der Waals surface area (Å²) in [5.74, 6) is -0.0921. The van der Waals surface area contributed by atoms with Crippen molar-refractivity contribution in [2.45, 2.75) is 62.7 Å². The lowest BCUT2D eigenvalue weighted by atomic mass is 9.82. The van der Waals surface area contributed by atoms with E-state index in [0.29, 0.717) is 52.8 Å². The SMILES string of the molecule is COc1ccc2c(c1)[C@]1(O[C@@H](CCn3cc(C(CO)c4ccccc4)nn3)[C@H]([Si](C)(C)F)[C@H]1C)C(=O)N2Cc1cccc(N2C(=O)COc3ccccc32)c1. The Hall–Kier alpha value is -5.37. The Morgan fingerprint density at radius 3 is 2.55 bits per heavy atom. The summed E-state index contributed by atoms with van der Waals surface area (Å²) in [6, 6.07) is 30.2. The third kappa shape index (κ3) is 6.39. The van der Waals surface area contributed by atoms with E-state index in [4.69, 9.17) is 14.2 Å². The predicted molar refractivity (Wildman–Crippen MR) is 208 cm³/mol. The molecule has 1 aromatic heterocycles. The molecule has 5 aromatic rings. The zero-order valence-corrected chi connectivity index (χ0v) is 32.3. The molecule has 0 bridgehead atoms. The molecular weight excluding hydrogens is 718 g/mol. The number of ether oxygens (including phenoxy) is 3. The highest BCUT2D eigenvalue weighted by Crippen LogP contribution is 2.61. The number of hydrogen-bond donors (Lipinski definition) is 1. The number of aliphatic hydroxyl groups is 1.